The van der Waals surface area contributed by atoms with Crippen molar-refractivity contribution in [2.75, 3.05) is 7.11 Å². The van der Waals surface area contributed by atoms with Crippen molar-refractivity contribution in [2.45, 2.75) is 50.6 Å². The van der Waals surface area contributed by atoms with E-state index in [2.05, 4.69) is 20.4 Å². The maximum absolute atomic E-state index is 11.8. The van der Waals surface area contributed by atoms with Crippen molar-refractivity contribution in [3.05, 3.63) is 30.4 Å². The van der Waals surface area contributed by atoms with E-state index in [-0.39, 0.29) is 11.5 Å². The summed E-state index contributed by atoms with van der Waals surface area (Å²) in [5.41, 5.74) is 0.573. The van der Waals surface area contributed by atoms with Crippen LogP contribution < -0.4 is 5.32 Å². The lowest BCUT2D eigenvalue weighted by molar-refractivity contribution is -0.142. The van der Waals surface area contributed by atoms with Gasteiger partial charge in [0.1, 0.15) is 0 Å². The number of pyridine rings is 1. The van der Waals surface area contributed by atoms with Crippen LogP contribution in [0.1, 0.15) is 44.4 Å². The van der Waals surface area contributed by atoms with Crippen LogP contribution in [0.5, 0.6) is 0 Å². The molecule has 128 valence electrons. The standard InChI is InChI=1S/C17H22N4O3/c1-23-15(22)10-17(7-3-2-4-8-17)19-12-14-20-16(21-24-14)13-6-5-9-18-11-13/h5-6,9,11,19H,2-4,7-8,10,12H2,1H3. The first-order valence-electron chi connectivity index (χ1n) is 8.26. The van der Waals surface area contributed by atoms with Gasteiger partial charge >= 0.3 is 5.97 Å². The maximum Gasteiger partial charge on any atom is 0.307 e. The third-order valence-corrected chi connectivity index (χ3v) is 4.52. The minimum Gasteiger partial charge on any atom is -0.469 e. The van der Waals surface area contributed by atoms with Crippen LogP contribution in [0.25, 0.3) is 11.4 Å². The molecule has 1 saturated carbocycles. The van der Waals surface area contributed by atoms with E-state index >= 15 is 0 Å². The number of hydrogen-bond acceptors (Lipinski definition) is 7. The van der Waals surface area contributed by atoms with Gasteiger partial charge in [-0.3, -0.25) is 9.78 Å². The van der Waals surface area contributed by atoms with Crippen LogP contribution in [0.15, 0.2) is 29.0 Å². The number of nitrogens with zero attached hydrogens (tertiary/aromatic N) is 3. The highest BCUT2D eigenvalue weighted by Crippen LogP contribution is 2.31. The Morgan fingerprint density at radius 2 is 2.21 bits per heavy atom. The molecule has 0 amide bonds. The number of carbonyl (C=O) groups is 1. The summed E-state index contributed by atoms with van der Waals surface area (Å²) < 4.78 is 10.2. The normalized spacial score (nSPS) is 16.7. The molecule has 7 nitrogen and oxygen atoms in total. The first kappa shape index (κ1) is 16.6. The number of esters is 1. The Balaban J connectivity index is 1.66. The molecule has 0 bridgehead atoms. The Labute approximate surface area is 140 Å². The van der Waals surface area contributed by atoms with E-state index < -0.39 is 0 Å². The molecule has 0 aromatic carbocycles. The quantitative estimate of drug-likeness (QED) is 0.814. The lowest BCUT2D eigenvalue weighted by Crippen LogP contribution is -2.48. The van der Waals surface area contributed by atoms with E-state index in [1.165, 1.54) is 13.5 Å². The topological polar surface area (TPSA) is 90.1 Å². The summed E-state index contributed by atoms with van der Waals surface area (Å²) in [6.07, 6.45) is 9.08. The minimum absolute atomic E-state index is 0.189. The van der Waals surface area contributed by atoms with E-state index in [1.54, 1.807) is 12.4 Å². The molecule has 1 aliphatic rings. The molecular formula is C17H22N4O3. The molecule has 7 heteroatoms. The van der Waals surface area contributed by atoms with Crippen LogP contribution in [0.2, 0.25) is 0 Å². The molecule has 24 heavy (non-hydrogen) atoms. The smallest absolute Gasteiger partial charge is 0.307 e. The van der Waals surface area contributed by atoms with Crippen molar-refractivity contribution in [1.29, 1.82) is 0 Å². The van der Waals surface area contributed by atoms with Crippen molar-refractivity contribution in [2.24, 2.45) is 0 Å². The zero-order valence-electron chi connectivity index (χ0n) is 13.8. The molecule has 2 aromatic rings. The van der Waals surface area contributed by atoms with Gasteiger partial charge in [-0.15, -0.1) is 0 Å². The van der Waals surface area contributed by atoms with Gasteiger partial charge in [0.05, 0.1) is 20.1 Å². The van der Waals surface area contributed by atoms with Gasteiger partial charge in [0.2, 0.25) is 11.7 Å². The van der Waals surface area contributed by atoms with Gasteiger partial charge in [0.25, 0.3) is 0 Å². The van der Waals surface area contributed by atoms with Gasteiger partial charge < -0.3 is 14.6 Å². The van der Waals surface area contributed by atoms with Gasteiger partial charge in [-0.2, -0.15) is 4.98 Å². The van der Waals surface area contributed by atoms with Gasteiger partial charge in [-0.05, 0) is 25.0 Å². The van der Waals surface area contributed by atoms with Crippen LogP contribution in [0.3, 0.4) is 0 Å². The van der Waals surface area contributed by atoms with Gasteiger partial charge in [-0.1, -0.05) is 24.4 Å². The molecule has 1 fully saturated rings. The van der Waals surface area contributed by atoms with Crippen molar-refractivity contribution in [3.8, 4) is 11.4 Å². The van der Waals surface area contributed by atoms with Crippen molar-refractivity contribution in [1.82, 2.24) is 20.4 Å². The SMILES string of the molecule is COC(=O)CC1(NCc2nc(-c3cccnc3)no2)CCCCC1. The molecule has 0 aliphatic heterocycles. The fourth-order valence-electron chi connectivity index (χ4n) is 3.20. The summed E-state index contributed by atoms with van der Waals surface area (Å²) >= 11 is 0. The first-order valence-corrected chi connectivity index (χ1v) is 8.26. The monoisotopic (exact) mass is 330 g/mol. The van der Waals surface area contributed by atoms with Gasteiger partial charge in [0.15, 0.2) is 0 Å². The van der Waals surface area contributed by atoms with Gasteiger partial charge in [-0.25, -0.2) is 0 Å². The molecule has 1 aliphatic carbocycles. The second-order valence-electron chi connectivity index (χ2n) is 6.20. The Kier molecular flexibility index (Phi) is 5.20. The van der Waals surface area contributed by atoms with Crippen molar-refractivity contribution < 1.29 is 14.1 Å². The number of hydrogen-bond donors (Lipinski definition) is 1. The lowest BCUT2D eigenvalue weighted by atomic mass is 9.79. The molecule has 0 unspecified atom stereocenters. The third-order valence-electron chi connectivity index (χ3n) is 4.52. The molecule has 2 heterocycles. The zero-order valence-corrected chi connectivity index (χ0v) is 13.8. The van der Waals surface area contributed by atoms with Crippen LogP contribution >= 0.6 is 0 Å². The number of methoxy groups -OCH3 is 1. The van der Waals surface area contributed by atoms with Crippen LogP contribution in [-0.4, -0.2) is 33.7 Å². The molecule has 1 N–H and O–H groups in total. The summed E-state index contributed by atoms with van der Waals surface area (Å²) in [6, 6.07) is 3.71. The second kappa shape index (κ2) is 7.53. The van der Waals surface area contributed by atoms with Crippen LogP contribution in [0, 0.1) is 0 Å². The highest BCUT2D eigenvalue weighted by atomic mass is 16.5. The van der Waals surface area contributed by atoms with Crippen molar-refractivity contribution in [3.63, 3.8) is 0 Å². The fourth-order valence-corrected chi connectivity index (χ4v) is 3.20. The van der Waals surface area contributed by atoms with E-state index in [0.29, 0.717) is 24.7 Å². The molecular weight excluding hydrogens is 308 g/mol. The fraction of sp³-hybridized carbons (Fsp3) is 0.529. The first-order chi connectivity index (χ1) is 11.7. The molecule has 0 saturated heterocycles. The average Bonchev–Trinajstić information content (AvgIpc) is 3.11. The summed E-state index contributed by atoms with van der Waals surface area (Å²) in [5, 5.41) is 7.46. The third kappa shape index (κ3) is 3.97. The maximum atomic E-state index is 11.8. The second-order valence-corrected chi connectivity index (χ2v) is 6.20. The van der Waals surface area contributed by atoms with E-state index in [0.717, 1.165) is 31.2 Å². The van der Waals surface area contributed by atoms with Crippen molar-refractivity contribution >= 4 is 5.97 Å². The summed E-state index contributed by atoms with van der Waals surface area (Å²) in [5.74, 6) is 0.834. The number of ether oxygens (including phenoxy) is 1. The Bertz CT molecular complexity index is 665. The van der Waals surface area contributed by atoms with E-state index in [4.69, 9.17) is 9.26 Å². The lowest BCUT2D eigenvalue weighted by Gasteiger charge is -2.37. The van der Waals surface area contributed by atoms with E-state index in [1.807, 2.05) is 12.1 Å². The van der Waals surface area contributed by atoms with Crippen LogP contribution in [-0.2, 0) is 16.1 Å². The molecule has 0 radical (unpaired) electrons. The Morgan fingerprint density at radius 1 is 1.38 bits per heavy atom. The van der Waals surface area contributed by atoms with E-state index in [9.17, 15) is 4.79 Å². The number of aromatic nitrogens is 3. The zero-order chi connectivity index (χ0) is 16.8. The summed E-state index contributed by atoms with van der Waals surface area (Å²) in [7, 11) is 1.43. The highest BCUT2D eigenvalue weighted by Gasteiger charge is 2.34. The summed E-state index contributed by atoms with van der Waals surface area (Å²) in [4.78, 5) is 20.2. The largest absolute Gasteiger partial charge is 0.469 e. The average molecular weight is 330 g/mol. The molecule has 2 aromatic heterocycles. The molecule has 0 atom stereocenters. The van der Waals surface area contributed by atoms with Gasteiger partial charge in [0, 0.05) is 23.5 Å². The molecule has 3 rings (SSSR count). The minimum atomic E-state index is -0.242. The highest BCUT2D eigenvalue weighted by molar-refractivity contribution is 5.70. The summed E-state index contributed by atoms with van der Waals surface area (Å²) in [6.45, 7) is 0.435. The molecule has 0 spiro atoms. The predicted octanol–water partition coefficient (Wildman–Crippen LogP) is 2.49. The Morgan fingerprint density at radius 3 is 2.92 bits per heavy atom. The van der Waals surface area contributed by atoms with Crippen LogP contribution in [0.4, 0.5) is 0 Å². The number of rotatable bonds is 6. The number of nitrogens with one attached hydrogen (secondary N) is 1. The number of carbonyl (C=O) groups excluding carboxylic acids is 1. The Hall–Kier alpha value is -2.28. The predicted molar refractivity (Wildman–Crippen MR) is 86.8 cm³/mol.